The molecule has 0 amide bonds. The molecule has 3 nitrogen and oxygen atoms in total. The van der Waals surface area contributed by atoms with Crippen molar-refractivity contribution >= 4 is 10.1 Å². The quantitative estimate of drug-likeness (QED) is 0.485. The lowest BCUT2D eigenvalue weighted by molar-refractivity contribution is -0.157. The van der Waals surface area contributed by atoms with E-state index in [1.54, 1.807) is 0 Å². The van der Waals surface area contributed by atoms with E-state index in [9.17, 15) is 26.0 Å². The maximum absolute atomic E-state index is 11.8. The summed E-state index contributed by atoms with van der Waals surface area (Å²) in [6.45, 7) is 0. The van der Waals surface area contributed by atoms with E-state index in [1.807, 2.05) is 0 Å². The third-order valence-corrected chi connectivity index (χ3v) is 1.98. The highest BCUT2D eigenvalue weighted by Crippen LogP contribution is 2.27. The molecular formula is C3H4F4O3S. The Hall–Kier alpha value is -0.370. The predicted molar refractivity (Wildman–Crippen MR) is 26.9 cm³/mol. The Morgan fingerprint density at radius 1 is 1.36 bits per heavy atom. The van der Waals surface area contributed by atoms with Crippen molar-refractivity contribution in [2.75, 3.05) is 7.11 Å². The highest BCUT2D eigenvalue weighted by Gasteiger charge is 2.50. The summed E-state index contributed by atoms with van der Waals surface area (Å²) in [7, 11) is -4.70. The Morgan fingerprint density at radius 3 is 1.82 bits per heavy atom. The van der Waals surface area contributed by atoms with E-state index in [4.69, 9.17) is 0 Å². The molecule has 0 radical (unpaired) electrons. The van der Waals surface area contributed by atoms with Crippen LogP contribution in [-0.4, -0.2) is 27.2 Å². The Morgan fingerprint density at radius 2 is 1.73 bits per heavy atom. The van der Waals surface area contributed by atoms with Crippen LogP contribution >= 0.6 is 0 Å². The van der Waals surface area contributed by atoms with Crippen molar-refractivity contribution in [3.63, 3.8) is 0 Å². The fourth-order valence-corrected chi connectivity index (χ4v) is 0.744. The van der Waals surface area contributed by atoms with E-state index >= 15 is 0 Å². The normalized spacial score (nSPS) is 16.5. The van der Waals surface area contributed by atoms with Crippen LogP contribution in [-0.2, 0) is 14.3 Å². The zero-order valence-electron chi connectivity index (χ0n) is 5.22. The molecule has 0 aromatic heterocycles. The molecule has 0 heterocycles. The van der Waals surface area contributed by atoms with Crippen molar-refractivity contribution < 1.29 is 30.2 Å². The van der Waals surface area contributed by atoms with Gasteiger partial charge in [0.1, 0.15) is 0 Å². The third kappa shape index (κ3) is 2.62. The second-order valence-electron chi connectivity index (χ2n) is 1.52. The Labute approximate surface area is 60.1 Å². The summed E-state index contributed by atoms with van der Waals surface area (Å²) in [6, 6.07) is 0. The zero-order valence-corrected chi connectivity index (χ0v) is 6.04. The van der Waals surface area contributed by atoms with Crippen LogP contribution in [0.4, 0.5) is 17.6 Å². The van der Waals surface area contributed by atoms with Crippen LogP contribution in [0.5, 0.6) is 0 Å². The summed E-state index contributed by atoms with van der Waals surface area (Å²) < 4.78 is 69.1. The highest BCUT2D eigenvalue weighted by atomic mass is 32.2. The summed E-state index contributed by atoms with van der Waals surface area (Å²) in [6.07, 6.45) is -5.44. The minimum atomic E-state index is -5.44. The van der Waals surface area contributed by atoms with Gasteiger partial charge < -0.3 is 0 Å². The molecule has 1 unspecified atom stereocenters. The second-order valence-corrected chi connectivity index (χ2v) is 3.25. The van der Waals surface area contributed by atoms with Gasteiger partial charge in [-0.15, -0.1) is 0 Å². The standard InChI is InChI=1S/C3H4F4O3S/c1-10-11(8,9)2(4)3(5,6)7/h2H,1H3. The topological polar surface area (TPSA) is 43.4 Å². The molecule has 0 aliphatic heterocycles. The first kappa shape index (κ1) is 10.6. The van der Waals surface area contributed by atoms with Gasteiger partial charge in [-0.2, -0.15) is 21.6 Å². The largest absolute Gasteiger partial charge is 0.436 e. The van der Waals surface area contributed by atoms with Gasteiger partial charge in [-0.25, -0.2) is 4.39 Å². The highest BCUT2D eigenvalue weighted by molar-refractivity contribution is 7.87. The van der Waals surface area contributed by atoms with Crippen LogP contribution < -0.4 is 0 Å². The van der Waals surface area contributed by atoms with Crippen LogP contribution in [0.3, 0.4) is 0 Å². The van der Waals surface area contributed by atoms with Crippen molar-refractivity contribution in [2.24, 2.45) is 0 Å². The molecule has 0 saturated heterocycles. The number of rotatable bonds is 2. The van der Waals surface area contributed by atoms with Crippen LogP contribution in [0.1, 0.15) is 0 Å². The maximum atomic E-state index is 11.8. The van der Waals surface area contributed by atoms with Crippen LogP contribution in [0.2, 0.25) is 0 Å². The van der Waals surface area contributed by atoms with Gasteiger partial charge in [-0.3, -0.25) is 4.18 Å². The minimum absolute atomic E-state index is 0.452. The average molecular weight is 196 g/mol. The van der Waals surface area contributed by atoms with Gasteiger partial charge in [0.05, 0.1) is 7.11 Å². The molecule has 1 atom stereocenters. The molecule has 0 aliphatic carbocycles. The monoisotopic (exact) mass is 196 g/mol. The maximum Gasteiger partial charge on any atom is 0.436 e. The molecule has 0 bridgehead atoms. The lowest BCUT2D eigenvalue weighted by Crippen LogP contribution is -2.33. The van der Waals surface area contributed by atoms with Gasteiger partial charge in [0.2, 0.25) is 0 Å². The SMILES string of the molecule is COS(=O)(=O)C(F)C(F)(F)F. The molecule has 8 heteroatoms. The third-order valence-electron chi connectivity index (χ3n) is 0.743. The van der Waals surface area contributed by atoms with Crippen LogP contribution in [0.15, 0.2) is 0 Å². The second kappa shape index (κ2) is 2.94. The average Bonchev–Trinajstić information content (AvgIpc) is 1.84. The molecule has 0 fully saturated rings. The van der Waals surface area contributed by atoms with Gasteiger partial charge >= 0.3 is 21.8 Å². The van der Waals surface area contributed by atoms with Crippen molar-refractivity contribution in [3.8, 4) is 0 Å². The van der Waals surface area contributed by atoms with E-state index in [-0.39, 0.29) is 0 Å². The van der Waals surface area contributed by atoms with Crippen molar-refractivity contribution in [1.82, 2.24) is 0 Å². The lowest BCUT2D eigenvalue weighted by Gasteiger charge is -2.10. The van der Waals surface area contributed by atoms with Crippen molar-refractivity contribution in [1.29, 1.82) is 0 Å². The Kier molecular flexibility index (Phi) is 2.84. The fraction of sp³-hybridized carbons (Fsp3) is 1.00. The fourth-order valence-electron chi connectivity index (χ4n) is 0.248. The predicted octanol–water partition coefficient (Wildman–Crippen LogP) is 0.821. The number of alkyl halides is 4. The summed E-state index contributed by atoms with van der Waals surface area (Å²) in [5.41, 5.74) is -3.97. The van der Waals surface area contributed by atoms with Gasteiger partial charge in [0.15, 0.2) is 0 Å². The Bertz CT molecular complexity index is 217. The number of hydrogen-bond acceptors (Lipinski definition) is 3. The first-order chi connectivity index (χ1) is 4.72. The first-order valence-electron chi connectivity index (χ1n) is 2.22. The molecule has 0 aromatic carbocycles. The van der Waals surface area contributed by atoms with Gasteiger partial charge in [-0.05, 0) is 0 Å². The van der Waals surface area contributed by atoms with Gasteiger partial charge in [0, 0.05) is 0 Å². The van der Waals surface area contributed by atoms with Gasteiger partial charge in [-0.1, -0.05) is 0 Å². The van der Waals surface area contributed by atoms with Gasteiger partial charge in [0.25, 0.3) is 0 Å². The first-order valence-corrected chi connectivity index (χ1v) is 3.69. The smallest absolute Gasteiger partial charge is 0.271 e. The molecule has 0 N–H and O–H groups in total. The molecule has 0 aliphatic rings. The molecule has 0 spiro atoms. The minimum Gasteiger partial charge on any atom is -0.271 e. The molecule has 68 valence electrons. The molecule has 11 heavy (non-hydrogen) atoms. The van der Waals surface area contributed by atoms with Crippen molar-refractivity contribution in [3.05, 3.63) is 0 Å². The van der Waals surface area contributed by atoms with E-state index in [0.29, 0.717) is 7.11 Å². The molecule has 0 aromatic rings. The molecule has 0 saturated carbocycles. The zero-order chi connectivity index (χ0) is 9.28. The van der Waals surface area contributed by atoms with E-state index < -0.39 is 21.8 Å². The van der Waals surface area contributed by atoms with Crippen molar-refractivity contribution in [2.45, 2.75) is 11.7 Å². The summed E-state index contributed by atoms with van der Waals surface area (Å²) in [5, 5.41) is 0. The lowest BCUT2D eigenvalue weighted by atomic mass is 10.7. The van der Waals surface area contributed by atoms with E-state index in [0.717, 1.165) is 0 Å². The van der Waals surface area contributed by atoms with Crippen LogP contribution in [0.25, 0.3) is 0 Å². The summed E-state index contributed by atoms with van der Waals surface area (Å²) >= 11 is 0. The summed E-state index contributed by atoms with van der Waals surface area (Å²) in [5.74, 6) is 0. The molecular weight excluding hydrogens is 192 g/mol. The van der Waals surface area contributed by atoms with E-state index in [1.165, 1.54) is 0 Å². The van der Waals surface area contributed by atoms with Crippen LogP contribution in [0, 0.1) is 0 Å². The number of halogens is 4. The number of hydrogen-bond donors (Lipinski definition) is 0. The summed E-state index contributed by atoms with van der Waals surface area (Å²) in [4.78, 5) is 0. The Balaban J connectivity index is 4.64. The molecule has 0 rings (SSSR count). The van der Waals surface area contributed by atoms with E-state index in [2.05, 4.69) is 4.18 Å².